The van der Waals surface area contributed by atoms with Crippen LogP contribution in [0.2, 0.25) is 0 Å². The molecule has 0 amide bonds. The Kier molecular flexibility index (Phi) is 50.3. The van der Waals surface area contributed by atoms with Gasteiger partial charge in [0.05, 0.1) is 13.2 Å². The number of carbonyl (C=O) groups excluding carboxylic acids is 3. The summed E-state index contributed by atoms with van der Waals surface area (Å²) in [6.07, 6.45) is 16.0. The van der Waals surface area contributed by atoms with E-state index in [1.54, 1.807) is 6.08 Å². The molecule has 2 heterocycles. The molecule has 0 bridgehead atoms. The maximum atomic E-state index is 14.3. The smallest absolute Gasteiger partial charge is 0.462 e. The van der Waals surface area contributed by atoms with Crippen molar-refractivity contribution in [3.63, 3.8) is 0 Å². The van der Waals surface area contributed by atoms with Crippen molar-refractivity contribution in [2.45, 2.75) is 395 Å². The summed E-state index contributed by atoms with van der Waals surface area (Å²) in [5.41, 5.74) is 0. The molecule has 18 atom stereocenters. The van der Waals surface area contributed by atoms with E-state index in [0.29, 0.717) is 12.8 Å². The van der Waals surface area contributed by atoms with Crippen LogP contribution >= 0.6 is 7.82 Å². The highest BCUT2D eigenvalue weighted by Gasteiger charge is 2.58. The monoisotopic (exact) mass is 1420 g/mol. The third kappa shape index (κ3) is 37.7. The van der Waals surface area contributed by atoms with Crippen LogP contribution in [0.3, 0.4) is 0 Å². The van der Waals surface area contributed by atoms with Gasteiger partial charge in [0.25, 0.3) is 0 Å². The molecule has 0 aromatic carbocycles. The summed E-state index contributed by atoms with van der Waals surface area (Å²) in [6, 6.07) is 0. The number of rotatable bonds is 59. The average Bonchev–Trinajstić information content (AvgIpc) is 0.762. The molecule has 24 nitrogen and oxygen atoms in total. The quantitative estimate of drug-likeness (QED) is 0.00673. The lowest BCUT2D eigenvalue weighted by atomic mass is 9.84. The summed E-state index contributed by atoms with van der Waals surface area (Å²) in [4.78, 5) is 50.8. The number of aliphatic hydroxyl groups is 10. The number of carbonyl (C=O) groups is 3. The summed E-state index contributed by atoms with van der Waals surface area (Å²) in [6.45, 7) is 3.36. The van der Waals surface area contributed by atoms with Crippen LogP contribution in [-0.4, -0.2) is 204 Å². The number of esters is 3. The van der Waals surface area contributed by atoms with Crippen LogP contribution in [0.5, 0.6) is 0 Å². The summed E-state index contributed by atoms with van der Waals surface area (Å²) in [7, 11) is -5.70. The van der Waals surface area contributed by atoms with Crippen LogP contribution in [0.15, 0.2) is 24.3 Å². The van der Waals surface area contributed by atoms with Crippen LogP contribution < -0.4 is 0 Å². The van der Waals surface area contributed by atoms with E-state index in [9.17, 15) is 74.9 Å². The van der Waals surface area contributed by atoms with E-state index in [4.69, 9.17) is 42.2 Å². The molecule has 0 spiro atoms. The number of phosphoric acid groups is 1. The van der Waals surface area contributed by atoms with Crippen LogP contribution in [-0.2, 0) is 61.2 Å². The van der Waals surface area contributed by atoms with Gasteiger partial charge in [0.1, 0.15) is 98.7 Å². The van der Waals surface area contributed by atoms with E-state index >= 15 is 0 Å². The number of hydrogen-bond acceptors (Lipinski definition) is 23. The molecule has 1 saturated carbocycles. The Morgan fingerprint density at radius 2 is 0.786 bits per heavy atom. The summed E-state index contributed by atoms with van der Waals surface area (Å²) < 4.78 is 64.8. The van der Waals surface area contributed by atoms with Gasteiger partial charge >= 0.3 is 25.7 Å². The predicted octanol–water partition coefficient (Wildman–Crippen LogP) is 10.5. The van der Waals surface area contributed by atoms with Crippen molar-refractivity contribution in [2.75, 3.05) is 26.4 Å². The summed E-state index contributed by atoms with van der Waals surface area (Å²) >= 11 is 0. The zero-order chi connectivity index (χ0) is 71.8. The van der Waals surface area contributed by atoms with Gasteiger partial charge in [-0.2, -0.15) is 0 Å². The molecule has 2 saturated heterocycles. The van der Waals surface area contributed by atoms with Crippen molar-refractivity contribution < 1.29 is 117 Å². The van der Waals surface area contributed by atoms with Gasteiger partial charge in [0, 0.05) is 18.9 Å². The Balaban J connectivity index is 1.73. The first-order chi connectivity index (χ1) is 47.3. The van der Waals surface area contributed by atoms with Crippen molar-refractivity contribution in [1.29, 1.82) is 0 Å². The Hall–Kier alpha value is -2.56. The van der Waals surface area contributed by atoms with E-state index in [0.717, 1.165) is 89.5 Å². The molecule has 0 radical (unpaired) electrons. The maximum absolute atomic E-state index is 14.3. The van der Waals surface area contributed by atoms with Crippen molar-refractivity contribution in [3.05, 3.63) is 24.3 Å². The highest BCUT2D eigenvalue weighted by Crippen LogP contribution is 2.49. The molecule has 11 N–H and O–H groups in total. The van der Waals surface area contributed by atoms with Gasteiger partial charge in [-0.3, -0.25) is 18.6 Å². The normalized spacial score (nSPS) is 27.7. The van der Waals surface area contributed by atoms with Gasteiger partial charge < -0.3 is 89.1 Å². The number of hydrogen-bond donors (Lipinski definition) is 11. The molecular formula is C73H133O24P. The first-order valence-corrected chi connectivity index (χ1v) is 39.7. The zero-order valence-electron chi connectivity index (χ0n) is 59.8. The number of unbranched alkanes of at least 4 members (excludes halogenated alkanes) is 37. The van der Waals surface area contributed by atoms with E-state index in [2.05, 4.69) is 20.8 Å². The lowest BCUT2D eigenvalue weighted by Gasteiger charge is -2.49. The van der Waals surface area contributed by atoms with Gasteiger partial charge in [-0.25, -0.2) is 9.36 Å². The Labute approximate surface area is 585 Å². The number of ether oxygens (including phenoxy) is 7. The van der Waals surface area contributed by atoms with E-state index in [1.165, 1.54) is 167 Å². The molecule has 25 heteroatoms. The van der Waals surface area contributed by atoms with Gasteiger partial charge in [0.2, 0.25) is 0 Å². The molecule has 0 aromatic rings. The second-order valence-electron chi connectivity index (χ2n) is 27.4. The molecule has 574 valence electrons. The van der Waals surface area contributed by atoms with E-state index in [-0.39, 0.29) is 12.8 Å². The Morgan fingerprint density at radius 1 is 0.418 bits per heavy atom. The predicted molar refractivity (Wildman–Crippen MR) is 370 cm³/mol. The fourth-order valence-corrected chi connectivity index (χ4v) is 13.6. The average molecular weight is 1430 g/mol. The highest BCUT2D eigenvalue weighted by molar-refractivity contribution is 7.47. The van der Waals surface area contributed by atoms with Gasteiger partial charge in [-0.05, 0) is 25.7 Å². The maximum Gasteiger partial charge on any atom is 0.472 e. The largest absolute Gasteiger partial charge is 0.472 e. The molecule has 0 aromatic heterocycles. The molecule has 3 fully saturated rings. The Bertz CT molecular complexity index is 2120. The van der Waals surface area contributed by atoms with Crippen LogP contribution in [0, 0.1) is 0 Å². The SMILES string of the molecule is CCCCCCCCCCCCC/C=C/C=C/C(=O)OCC1OC(OC2C(O)C(O)C(O)C(OC3OC(CO)C(O)C(O)C3O)C2OP(=O)(O)OCC(COC(=O)CCCCCCCCCCCCCCCCCCC)OC(=O)CCCCCCCCCCCCC)C(O)C(O)C1O. The molecule has 18 unspecified atom stereocenters. The lowest BCUT2D eigenvalue weighted by Crippen LogP contribution is -2.69. The van der Waals surface area contributed by atoms with E-state index < -0.39 is 156 Å². The third-order valence-corrected chi connectivity index (χ3v) is 19.8. The van der Waals surface area contributed by atoms with Crippen molar-refractivity contribution in [2.24, 2.45) is 0 Å². The number of phosphoric ester groups is 1. The Morgan fingerprint density at radius 3 is 1.20 bits per heavy atom. The van der Waals surface area contributed by atoms with Crippen molar-refractivity contribution in [1.82, 2.24) is 0 Å². The third-order valence-electron chi connectivity index (χ3n) is 18.8. The topological polar surface area (TPSA) is 374 Å². The van der Waals surface area contributed by atoms with Crippen molar-refractivity contribution >= 4 is 25.7 Å². The lowest BCUT2D eigenvalue weighted by molar-refractivity contribution is -0.360. The minimum absolute atomic E-state index is 0.0392. The molecule has 1 aliphatic carbocycles. The second kappa shape index (κ2) is 55.0. The first-order valence-electron chi connectivity index (χ1n) is 38.2. The highest BCUT2D eigenvalue weighted by atomic mass is 31.2. The van der Waals surface area contributed by atoms with Crippen LogP contribution in [0.25, 0.3) is 0 Å². The van der Waals surface area contributed by atoms with Gasteiger partial charge in [-0.1, -0.05) is 270 Å². The summed E-state index contributed by atoms with van der Waals surface area (Å²) in [5, 5.41) is 110. The standard InChI is InChI=1S/C73H133O24P/c1-4-7-10-13-16-19-22-24-26-27-29-31-33-35-38-41-44-47-57(75)89-51-54(92-59(77)49-46-43-40-37-32-21-18-15-12-9-6-3)52-91-98(87,88)97-71-69(95-72-67(85)62(80)60(78)55(50-74)93-72)65(83)64(82)66(84)70(71)96-73-68(86)63(81)61(79)56(94-73)53-90-58(76)48-45-42-39-36-34-30-28-25-23-20-17-14-11-8-5-2/h39,42,45,48,54-56,60-74,78-86H,4-38,40-41,43-44,46-47,49-53H2,1-3H3,(H,87,88)/b42-39+,48-45+. The first kappa shape index (κ1) is 89.7. The molecule has 3 rings (SSSR count). The molecular weight excluding hydrogens is 1290 g/mol. The number of aliphatic hydroxyl groups excluding tert-OH is 10. The molecule has 98 heavy (non-hydrogen) atoms. The molecule has 3 aliphatic rings. The zero-order valence-corrected chi connectivity index (χ0v) is 60.7. The minimum atomic E-state index is -5.70. The van der Waals surface area contributed by atoms with E-state index in [1.807, 2.05) is 6.08 Å². The van der Waals surface area contributed by atoms with Gasteiger partial charge in [0.15, 0.2) is 18.7 Å². The van der Waals surface area contributed by atoms with Crippen molar-refractivity contribution in [3.8, 4) is 0 Å². The van der Waals surface area contributed by atoms with Crippen LogP contribution in [0.1, 0.15) is 290 Å². The minimum Gasteiger partial charge on any atom is -0.462 e. The fourth-order valence-electron chi connectivity index (χ4n) is 12.6. The number of allylic oxidation sites excluding steroid dienone is 3. The second-order valence-corrected chi connectivity index (χ2v) is 28.9. The molecule has 2 aliphatic heterocycles. The summed E-state index contributed by atoms with van der Waals surface area (Å²) in [5.74, 6) is -2.21. The van der Waals surface area contributed by atoms with Gasteiger partial charge in [-0.15, -0.1) is 0 Å². The van der Waals surface area contributed by atoms with Crippen LogP contribution in [0.4, 0.5) is 0 Å². The fraction of sp³-hybridized carbons (Fsp3) is 0.904.